The van der Waals surface area contributed by atoms with Crippen molar-refractivity contribution in [1.29, 1.82) is 0 Å². The van der Waals surface area contributed by atoms with Gasteiger partial charge in [0.05, 0.1) is 12.2 Å². The summed E-state index contributed by atoms with van der Waals surface area (Å²) in [6.07, 6.45) is 0. The number of carbonyl (C=O) groups excluding carboxylic acids is 1. The molecule has 1 aromatic rings. The van der Waals surface area contributed by atoms with Crippen LogP contribution in [0.1, 0.15) is 5.56 Å². The standard InChI is InChI=1S/C8H9Cl2N3O/c1-4-2-5(9)12-8(10)7(4)13-6(14)3-11/h2H,3,11H2,1H3,(H,13,14). The molecule has 0 unspecified atom stereocenters. The van der Waals surface area contributed by atoms with Crippen molar-refractivity contribution in [2.45, 2.75) is 6.92 Å². The summed E-state index contributed by atoms with van der Waals surface area (Å²) in [5.74, 6) is -0.320. The molecule has 0 saturated heterocycles. The van der Waals surface area contributed by atoms with Gasteiger partial charge in [-0.05, 0) is 18.6 Å². The lowest BCUT2D eigenvalue weighted by molar-refractivity contribution is -0.114. The van der Waals surface area contributed by atoms with Crippen molar-refractivity contribution in [1.82, 2.24) is 4.98 Å². The van der Waals surface area contributed by atoms with Crippen LogP contribution < -0.4 is 11.1 Å². The van der Waals surface area contributed by atoms with Gasteiger partial charge in [-0.2, -0.15) is 0 Å². The van der Waals surface area contributed by atoms with Gasteiger partial charge >= 0.3 is 0 Å². The van der Waals surface area contributed by atoms with E-state index in [2.05, 4.69) is 10.3 Å². The zero-order valence-electron chi connectivity index (χ0n) is 7.47. The molecule has 0 bridgehead atoms. The number of nitrogens with two attached hydrogens (primary N) is 1. The van der Waals surface area contributed by atoms with Crippen molar-refractivity contribution in [2.75, 3.05) is 11.9 Å². The monoisotopic (exact) mass is 233 g/mol. The van der Waals surface area contributed by atoms with Gasteiger partial charge in [0.25, 0.3) is 0 Å². The summed E-state index contributed by atoms with van der Waals surface area (Å²) in [5, 5.41) is 2.99. The van der Waals surface area contributed by atoms with Gasteiger partial charge in [-0.25, -0.2) is 4.98 Å². The maximum absolute atomic E-state index is 11.0. The summed E-state index contributed by atoms with van der Waals surface area (Å²) in [7, 11) is 0. The zero-order valence-corrected chi connectivity index (χ0v) is 8.99. The summed E-state index contributed by atoms with van der Waals surface area (Å²) >= 11 is 11.4. The molecule has 14 heavy (non-hydrogen) atoms. The summed E-state index contributed by atoms with van der Waals surface area (Å²) in [6, 6.07) is 1.61. The van der Waals surface area contributed by atoms with Gasteiger partial charge in [-0.1, -0.05) is 23.2 Å². The van der Waals surface area contributed by atoms with E-state index in [-0.39, 0.29) is 17.6 Å². The second-order valence-electron chi connectivity index (χ2n) is 2.68. The van der Waals surface area contributed by atoms with Gasteiger partial charge in [0.15, 0.2) is 5.15 Å². The first-order valence-corrected chi connectivity index (χ1v) is 4.62. The van der Waals surface area contributed by atoms with E-state index in [1.807, 2.05) is 0 Å². The maximum atomic E-state index is 11.0. The van der Waals surface area contributed by atoms with Crippen molar-refractivity contribution in [3.05, 3.63) is 21.9 Å². The minimum absolute atomic E-state index is 0.0988. The smallest absolute Gasteiger partial charge is 0.238 e. The Labute approximate surface area is 91.4 Å². The van der Waals surface area contributed by atoms with Crippen LogP contribution in [0.25, 0.3) is 0 Å². The fourth-order valence-corrected chi connectivity index (χ4v) is 1.51. The average Bonchev–Trinajstić information content (AvgIpc) is 2.10. The third kappa shape index (κ3) is 2.57. The number of anilines is 1. The number of rotatable bonds is 2. The highest BCUT2D eigenvalue weighted by atomic mass is 35.5. The largest absolute Gasteiger partial charge is 0.322 e. The predicted octanol–water partition coefficient (Wildman–Crippen LogP) is 1.59. The minimum atomic E-state index is -0.320. The first-order valence-electron chi connectivity index (χ1n) is 3.87. The van der Waals surface area contributed by atoms with E-state index in [4.69, 9.17) is 28.9 Å². The lowest BCUT2D eigenvalue weighted by atomic mass is 10.2. The summed E-state index contributed by atoms with van der Waals surface area (Å²) in [4.78, 5) is 14.8. The van der Waals surface area contributed by atoms with Crippen LogP contribution in [0.3, 0.4) is 0 Å². The Kier molecular flexibility index (Phi) is 3.69. The van der Waals surface area contributed by atoms with E-state index in [1.54, 1.807) is 13.0 Å². The lowest BCUT2D eigenvalue weighted by Gasteiger charge is -2.08. The van der Waals surface area contributed by atoms with E-state index in [1.165, 1.54) is 0 Å². The Morgan fingerprint density at radius 3 is 2.79 bits per heavy atom. The molecule has 1 heterocycles. The molecule has 1 rings (SSSR count). The van der Waals surface area contributed by atoms with Crippen molar-refractivity contribution < 1.29 is 4.79 Å². The molecule has 4 nitrogen and oxygen atoms in total. The number of carbonyl (C=O) groups is 1. The number of nitrogens with zero attached hydrogens (tertiary/aromatic N) is 1. The molecule has 0 atom stereocenters. The second-order valence-corrected chi connectivity index (χ2v) is 3.43. The molecule has 0 aliphatic carbocycles. The number of aromatic nitrogens is 1. The Hall–Kier alpha value is -0.840. The Morgan fingerprint density at radius 2 is 2.29 bits per heavy atom. The van der Waals surface area contributed by atoms with Gasteiger partial charge in [0.2, 0.25) is 5.91 Å². The molecule has 1 amide bonds. The van der Waals surface area contributed by atoms with Gasteiger partial charge in [-0.3, -0.25) is 4.79 Å². The van der Waals surface area contributed by atoms with E-state index in [0.717, 1.165) is 5.56 Å². The van der Waals surface area contributed by atoms with Crippen molar-refractivity contribution in [3.63, 3.8) is 0 Å². The molecule has 0 aliphatic heterocycles. The van der Waals surface area contributed by atoms with Crippen molar-refractivity contribution in [2.24, 2.45) is 5.73 Å². The molecule has 1 aromatic heterocycles. The molecule has 6 heteroatoms. The predicted molar refractivity (Wildman–Crippen MR) is 56.7 cm³/mol. The second kappa shape index (κ2) is 4.59. The number of pyridine rings is 1. The highest BCUT2D eigenvalue weighted by Gasteiger charge is 2.09. The number of hydrogen-bond acceptors (Lipinski definition) is 3. The van der Waals surface area contributed by atoms with E-state index >= 15 is 0 Å². The van der Waals surface area contributed by atoms with Crippen LogP contribution in [0.5, 0.6) is 0 Å². The molecule has 0 radical (unpaired) electrons. The van der Waals surface area contributed by atoms with Gasteiger partial charge in [0, 0.05) is 0 Å². The summed E-state index contributed by atoms with van der Waals surface area (Å²) in [5.41, 5.74) is 6.35. The topological polar surface area (TPSA) is 68.0 Å². The molecule has 0 spiro atoms. The number of aryl methyl sites for hydroxylation is 1. The molecular weight excluding hydrogens is 225 g/mol. The normalized spacial score (nSPS) is 10.0. The molecule has 3 N–H and O–H groups in total. The third-order valence-electron chi connectivity index (χ3n) is 1.59. The highest BCUT2D eigenvalue weighted by molar-refractivity contribution is 6.34. The number of nitrogens with one attached hydrogen (secondary N) is 1. The molecule has 0 fully saturated rings. The van der Waals surface area contributed by atoms with Crippen LogP contribution in [-0.2, 0) is 4.79 Å². The average molecular weight is 234 g/mol. The van der Waals surface area contributed by atoms with E-state index in [0.29, 0.717) is 10.8 Å². The maximum Gasteiger partial charge on any atom is 0.238 e. The lowest BCUT2D eigenvalue weighted by Crippen LogP contribution is -2.22. The van der Waals surface area contributed by atoms with Gasteiger partial charge in [-0.15, -0.1) is 0 Å². The third-order valence-corrected chi connectivity index (χ3v) is 2.06. The van der Waals surface area contributed by atoms with Gasteiger partial charge in [0.1, 0.15) is 5.15 Å². The van der Waals surface area contributed by atoms with Gasteiger partial charge < -0.3 is 11.1 Å². The van der Waals surface area contributed by atoms with E-state index in [9.17, 15) is 4.79 Å². The van der Waals surface area contributed by atoms with Crippen LogP contribution >= 0.6 is 23.2 Å². The van der Waals surface area contributed by atoms with Crippen LogP contribution in [0.15, 0.2) is 6.07 Å². The number of amides is 1. The van der Waals surface area contributed by atoms with Crippen molar-refractivity contribution in [3.8, 4) is 0 Å². The molecule has 76 valence electrons. The molecule has 0 aromatic carbocycles. The highest BCUT2D eigenvalue weighted by Crippen LogP contribution is 2.26. The van der Waals surface area contributed by atoms with Crippen LogP contribution in [-0.4, -0.2) is 17.4 Å². The number of hydrogen-bond donors (Lipinski definition) is 2. The summed E-state index contributed by atoms with van der Waals surface area (Å²) in [6.45, 7) is 1.67. The fraction of sp³-hybridized carbons (Fsp3) is 0.250. The quantitative estimate of drug-likeness (QED) is 0.763. The summed E-state index contributed by atoms with van der Waals surface area (Å²) < 4.78 is 0. The fourth-order valence-electron chi connectivity index (χ4n) is 0.936. The van der Waals surface area contributed by atoms with Crippen LogP contribution in [0, 0.1) is 6.92 Å². The first-order chi connectivity index (χ1) is 6.54. The Bertz CT molecular complexity index is 345. The van der Waals surface area contributed by atoms with Crippen LogP contribution in [0.2, 0.25) is 10.3 Å². The molecular formula is C8H9Cl2N3O. The minimum Gasteiger partial charge on any atom is -0.322 e. The molecule has 0 saturated carbocycles. The Morgan fingerprint density at radius 1 is 1.64 bits per heavy atom. The first kappa shape index (κ1) is 11.2. The molecule has 0 aliphatic rings. The Balaban J connectivity index is 3.02. The van der Waals surface area contributed by atoms with Crippen molar-refractivity contribution >= 4 is 34.8 Å². The van der Waals surface area contributed by atoms with Crippen LogP contribution in [0.4, 0.5) is 5.69 Å². The zero-order chi connectivity index (χ0) is 10.7. The SMILES string of the molecule is Cc1cc(Cl)nc(Cl)c1NC(=O)CN. The number of halogens is 2. The van der Waals surface area contributed by atoms with E-state index < -0.39 is 0 Å².